The minimum Gasteiger partial charge on any atom is -0.507 e. The fourth-order valence-electron chi connectivity index (χ4n) is 3.74. The molecule has 1 fully saturated rings. The van der Waals surface area contributed by atoms with Crippen LogP contribution in [-0.4, -0.2) is 35.4 Å². The van der Waals surface area contributed by atoms with Crippen molar-refractivity contribution < 1.29 is 23.8 Å². The number of hydrogen-bond donors (Lipinski definition) is 1. The molecule has 0 aromatic heterocycles. The largest absolute Gasteiger partial charge is 0.507 e. The van der Waals surface area contributed by atoms with E-state index in [1.807, 2.05) is 0 Å². The molecule has 0 saturated carbocycles. The Labute approximate surface area is 175 Å². The highest BCUT2D eigenvalue weighted by Crippen LogP contribution is 2.40. The van der Waals surface area contributed by atoms with Gasteiger partial charge in [-0.25, -0.2) is 4.39 Å². The average Bonchev–Trinajstić information content (AvgIpc) is 3.01. The van der Waals surface area contributed by atoms with Crippen LogP contribution in [0.25, 0.3) is 5.76 Å². The highest BCUT2D eigenvalue weighted by Gasteiger charge is 2.46. The van der Waals surface area contributed by atoms with Crippen molar-refractivity contribution in [2.75, 3.05) is 13.7 Å². The summed E-state index contributed by atoms with van der Waals surface area (Å²) in [4.78, 5) is 27.1. The SMILES string of the molecule is CCCCCCN1C(=O)C(=O)/C(=C(/O)c2ccc(OC)cc2)C1c1ccccc1F. The molecule has 2 aromatic carbocycles. The Hall–Kier alpha value is -3.15. The summed E-state index contributed by atoms with van der Waals surface area (Å²) in [5.74, 6) is -1.76. The Bertz CT molecular complexity index is 952. The van der Waals surface area contributed by atoms with Gasteiger partial charge in [-0.2, -0.15) is 0 Å². The van der Waals surface area contributed by atoms with E-state index in [9.17, 15) is 19.1 Å². The van der Waals surface area contributed by atoms with Crippen molar-refractivity contribution in [3.8, 4) is 5.75 Å². The molecule has 1 aliphatic heterocycles. The fraction of sp³-hybridized carbons (Fsp3) is 0.333. The maximum Gasteiger partial charge on any atom is 0.295 e. The van der Waals surface area contributed by atoms with Crippen molar-refractivity contribution in [1.29, 1.82) is 0 Å². The molecular formula is C24H26FNO4. The van der Waals surface area contributed by atoms with Crippen LogP contribution in [0.15, 0.2) is 54.1 Å². The first-order valence-electron chi connectivity index (χ1n) is 10.2. The second-order valence-electron chi connectivity index (χ2n) is 7.30. The van der Waals surface area contributed by atoms with E-state index in [-0.39, 0.29) is 16.9 Å². The number of aliphatic hydroxyl groups excluding tert-OH is 1. The van der Waals surface area contributed by atoms with Gasteiger partial charge in [0.2, 0.25) is 0 Å². The molecular weight excluding hydrogens is 385 g/mol. The number of ketones is 1. The molecule has 30 heavy (non-hydrogen) atoms. The van der Waals surface area contributed by atoms with Crippen LogP contribution >= 0.6 is 0 Å². The van der Waals surface area contributed by atoms with E-state index < -0.39 is 23.5 Å². The number of nitrogens with zero attached hydrogens (tertiary/aromatic N) is 1. The topological polar surface area (TPSA) is 66.8 Å². The van der Waals surface area contributed by atoms with Crippen LogP contribution < -0.4 is 4.74 Å². The maximum atomic E-state index is 14.7. The van der Waals surface area contributed by atoms with Gasteiger partial charge in [-0.05, 0) is 36.8 Å². The first-order valence-corrected chi connectivity index (χ1v) is 10.2. The number of rotatable bonds is 8. The summed E-state index contributed by atoms with van der Waals surface area (Å²) in [7, 11) is 1.52. The Morgan fingerprint density at radius 3 is 2.40 bits per heavy atom. The quantitative estimate of drug-likeness (QED) is 0.292. The molecule has 6 heteroatoms. The lowest BCUT2D eigenvalue weighted by Gasteiger charge is -2.25. The van der Waals surface area contributed by atoms with Crippen molar-refractivity contribution in [3.63, 3.8) is 0 Å². The smallest absolute Gasteiger partial charge is 0.295 e. The van der Waals surface area contributed by atoms with Crippen LogP contribution in [0, 0.1) is 5.82 Å². The molecule has 3 rings (SSSR count). The summed E-state index contributed by atoms with van der Waals surface area (Å²) in [5.41, 5.74) is 0.467. The van der Waals surface area contributed by atoms with Crippen molar-refractivity contribution in [3.05, 3.63) is 71.0 Å². The maximum absolute atomic E-state index is 14.7. The molecule has 0 aliphatic carbocycles. The summed E-state index contributed by atoms with van der Waals surface area (Å²) in [6.07, 6.45) is 3.66. The molecule has 1 N–H and O–H groups in total. The molecule has 2 aromatic rings. The first kappa shape index (κ1) is 21.6. The number of Topliss-reactive ketones (excluding diaryl/α,β-unsaturated/α-hetero) is 1. The van der Waals surface area contributed by atoms with Crippen LogP contribution in [0.5, 0.6) is 5.75 Å². The number of aliphatic hydroxyl groups is 1. The number of benzene rings is 2. The summed E-state index contributed by atoms with van der Waals surface area (Å²) >= 11 is 0. The van der Waals surface area contributed by atoms with Gasteiger partial charge < -0.3 is 14.7 Å². The number of likely N-dealkylation sites (tertiary alicyclic amines) is 1. The number of ether oxygens (including phenoxy) is 1. The van der Waals surface area contributed by atoms with Crippen LogP contribution in [0.1, 0.15) is 49.8 Å². The first-order chi connectivity index (χ1) is 14.5. The van der Waals surface area contributed by atoms with E-state index in [2.05, 4.69) is 6.92 Å². The predicted molar refractivity (Wildman–Crippen MR) is 113 cm³/mol. The number of hydrogen-bond acceptors (Lipinski definition) is 4. The Morgan fingerprint density at radius 1 is 1.07 bits per heavy atom. The molecule has 0 bridgehead atoms. The van der Waals surface area contributed by atoms with E-state index in [4.69, 9.17) is 4.74 Å². The van der Waals surface area contributed by atoms with Crippen molar-refractivity contribution in [2.45, 2.75) is 38.6 Å². The summed E-state index contributed by atoms with van der Waals surface area (Å²) in [5, 5.41) is 10.9. The van der Waals surface area contributed by atoms with Crippen LogP contribution in [-0.2, 0) is 9.59 Å². The lowest BCUT2D eigenvalue weighted by molar-refractivity contribution is -0.140. The average molecular weight is 411 g/mol. The molecule has 1 aliphatic rings. The van der Waals surface area contributed by atoms with E-state index in [0.717, 1.165) is 19.3 Å². The molecule has 1 unspecified atom stereocenters. The van der Waals surface area contributed by atoms with Gasteiger partial charge in [0.1, 0.15) is 17.3 Å². The van der Waals surface area contributed by atoms with Gasteiger partial charge in [0, 0.05) is 17.7 Å². The highest BCUT2D eigenvalue weighted by molar-refractivity contribution is 6.46. The third kappa shape index (κ3) is 4.22. The molecule has 5 nitrogen and oxygen atoms in total. The molecule has 1 heterocycles. The monoisotopic (exact) mass is 411 g/mol. The molecule has 1 amide bonds. The second-order valence-corrected chi connectivity index (χ2v) is 7.30. The third-order valence-corrected chi connectivity index (χ3v) is 5.36. The zero-order valence-electron chi connectivity index (χ0n) is 17.2. The molecule has 1 saturated heterocycles. The van der Waals surface area contributed by atoms with Gasteiger partial charge >= 0.3 is 0 Å². The van der Waals surface area contributed by atoms with Crippen molar-refractivity contribution in [2.24, 2.45) is 0 Å². The molecule has 1 atom stereocenters. The zero-order valence-corrected chi connectivity index (χ0v) is 17.2. The van der Waals surface area contributed by atoms with E-state index in [1.165, 1.54) is 18.1 Å². The molecule has 0 spiro atoms. The number of halogens is 1. The number of carbonyl (C=O) groups excluding carboxylic acids is 2. The van der Waals surface area contributed by atoms with Gasteiger partial charge in [-0.1, -0.05) is 44.4 Å². The predicted octanol–water partition coefficient (Wildman–Crippen LogP) is 4.84. The van der Waals surface area contributed by atoms with Crippen molar-refractivity contribution >= 4 is 17.4 Å². The minimum absolute atomic E-state index is 0.0919. The van der Waals surface area contributed by atoms with Crippen LogP contribution in [0.2, 0.25) is 0 Å². The van der Waals surface area contributed by atoms with E-state index in [1.54, 1.807) is 42.5 Å². The zero-order chi connectivity index (χ0) is 21.7. The third-order valence-electron chi connectivity index (χ3n) is 5.36. The Kier molecular flexibility index (Phi) is 6.87. The number of methoxy groups -OCH3 is 1. The van der Waals surface area contributed by atoms with Gasteiger partial charge in [0.25, 0.3) is 11.7 Å². The van der Waals surface area contributed by atoms with Crippen LogP contribution in [0.4, 0.5) is 4.39 Å². The Morgan fingerprint density at radius 2 is 1.77 bits per heavy atom. The second kappa shape index (κ2) is 9.57. The summed E-state index contributed by atoms with van der Waals surface area (Å²) in [6, 6.07) is 11.6. The van der Waals surface area contributed by atoms with Crippen LogP contribution in [0.3, 0.4) is 0 Å². The van der Waals surface area contributed by atoms with Crippen molar-refractivity contribution in [1.82, 2.24) is 4.90 Å². The normalized spacial score (nSPS) is 18.1. The molecule has 158 valence electrons. The lowest BCUT2D eigenvalue weighted by Crippen LogP contribution is -2.31. The lowest BCUT2D eigenvalue weighted by atomic mass is 9.95. The standard InChI is InChI=1S/C24H26FNO4/c1-3-4-5-8-15-26-21(18-9-6-7-10-19(18)25)20(23(28)24(26)29)22(27)16-11-13-17(30-2)14-12-16/h6-7,9-14,21,27H,3-5,8,15H2,1-2H3/b22-20+. The van der Waals surface area contributed by atoms with E-state index in [0.29, 0.717) is 24.3 Å². The summed E-state index contributed by atoms with van der Waals surface area (Å²) in [6.45, 7) is 2.41. The van der Waals surface area contributed by atoms with Gasteiger partial charge in [-0.15, -0.1) is 0 Å². The Balaban J connectivity index is 2.07. The fourth-order valence-corrected chi connectivity index (χ4v) is 3.74. The minimum atomic E-state index is -0.963. The number of carbonyl (C=O) groups is 2. The van der Waals surface area contributed by atoms with E-state index >= 15 is 0 Å². The summed E-state index contributed by atoms with van der Waals surface area (Å²) < 4.78 is 19.8. The number of unbranched alkanes of at least 4 members (excludes halogenated alkanes) is 3. The van der Waals surface area contributed by atoms with Gasteiger partial charge in [0.15, 0.2) is 0 Å². The number of amides is 1. The van der Waals surface area contributed by atoms with Gasteiger partial charge in [0.05, 0.1) is 18.7 Å². The molecule has 0 radical (unpaired) electrons. The highest BCUT2D eigenvalue weighted by atomic mass is 19.1. The van der Waals surface area contributed by atoms with Gasteiger partial charge in [-0.3, -0.25) is 9.59 Å².